The van der Waals surface area contributed by atoms with Gasteiger partial charge in [-0.2, -0.15) is 0 Å². The summed E-state index contributed by atoms with van der Waals surface area (Å²) < 4.78 is 11.3. The van der Waals surface area contributed by atoms with E-state index in [1.54, 1.807) is 27.0 Å². The highest BCUT2D eigenvalue weighted by atomic mass is 79.9. The molecule has 1 atom stereocenters. The first kappa shape index (κ1) is 18.3. The predicted octanol–water partition coefficient (Wildman–Crippen LogP) is 3.43. The van der Waals surface area contributed by atoms with Crippen LogP contribution in [0.2, 0.25) is 0 Å². The van der Waals surface area contributed by atoms with Crippen molar-refractivity contribution in [2.75, 3.05) is 7.11 Å². The summed E-state index contributed by atoms with van der Waals surface area (Å²) in [6, 6.07) is 4.50. The van der Waals surface area contributed by atoms with E-state index in [1.165, 1.54) is 0 Å². The van der Waals surface area contributed by atoms with Crippen molar-refractivity contribution in [3.63, 3.8) is 0 Å². The van der Waals surface area contributed by atoms with Gasteiger partial charge in [0, 0.05) is 5.70 Å². The molecule has 0 spiro atoms. The number of urea groups is 1. The third kappa shape index (κ3) is 3.90. The average molecular weight is 397 g/mol. The topological polar surface area (TPSA) is 76.7 Å². The second-order valence-electron chi connectivity index (χ2n) is 5.63. The molecule has 1 aliphatic rings. The van der Waals surface area contributed by atoms with Crippen molar-refractivity contribution < 1.29 is 19.1 Å². The van der Waals surface area contributed by atoms with Crippen molar-refractivity contribution in [2.45, 2.75) is 39.3 Å². The van der Waals surface area contributed by atoms with Gasteiger partial charge in [0.1, 0.15) is 5.75 Å². The number of rotatable bonds is 5. The van der Waals surface area contributed by atoms with Crippen molar-refractivity contribution in [2.24, 2.45) is 0 Å². The van der Waals surface area contributed by atoms with E-state index in [1.807, 2.05) is 19.1 Å². The summed E-state index contributed by atoms with van der Waals surface area (Å²) in [5.41, 5.74) is 1.75. The van der Waals surface area contributed by atoms with E-state index in [0.29, 0.717) is 23.4 Å². The van der Waals surface area contributed by atoms with E-state index in [4.69, 9.17) is 9.47 Å². The molecule has 24 heavy (non-hydrogen) atoms. The van der Waals surface area contributed by atoms with Gasteiger partial charge in [-0.1, -0.05) is 13.0 Å². The molecule has 1 heterocycles. The second-order valence-corrected chi connectivity index (χ2v) is 6.48. The zero-order valence-corrected chi connectivity index (χ0v) is 15.7. The van der Waals surface area contributed by atoms with E-state index in [0.717, 1.165) is 10.0 Å². The maximum atomic E-state index is 12.6. The Balaban J connectivity index is 2.49. The lowest BCUT2D eigenvalue weighted by Crippen LogP contribution is -2.46. The molecule has 1 aromatic carbocycles. The van der Waals surface area contributed by atoms with Crippen molar-refractivity contribution >= 4 is 27.9 Å². The number of halogens is 1. The van der Waals surface area contributed by atoms with Crippen molar-refractivity contribution in [3.8, 4) is 5.75 Å². The Hall–Kier alpha value is -2.02. The highest BCUT2D eigenvalue weighted by Gasteiger charge is 2.33. The monoisotopic (exact) mass is 396 g/mol. The van der Waals surface area contributed by atoms with E-state index in [2.05, 4.69) is 26.6 Å². The summed E-state index contributed by atoms with van der Waals surface area (Å²) >= 11 is 3.43. The Morgan fingerprint density at radius 1 is 1.38 bits per heavy atom. The molecule has 0 aromatic heterocycles. The maximum Gasteiger partial charge on any atom is 0.338 e. The molecule has 7 heteroatoms. The minimum absolute atomic E-state index is 0.246. The number of hydrogen-bond donors (Lipinski definition) is 2. The fraction of sp³-hybridized carbons (Fsp3) is 0.412. The molecule has 1 aliphatic heterocycles. The summed E-state index contributed by atoms with van der Waals surface area (Å²) in [5, 5.41) is 5.50. The Morgan fingerprint density at radius 3 is 2.62 bits per heavy atom. The molecule has 0 aliphatic carbocycles. The van der Waals surface area contributed by atoms with Gasteiger partial charge in [-0.05, 0) is 53.9 Å². The van der Waals surface area contributed by atoms with E-state index < -0.39 is 12.0 Å². The minimum Gasteiger partial charge on any atom is -0.496 e. The normalized spacial score (nSPS) is 17.4. The molecule has 0 saturated carbocycles. The van der Waals surface area contributed by atoms with Crippen LogP contribution in [0.1, 0.15) is 38.8 Å². The van der Waals surface area contributed by atoms with Gasteiger partial charge in [-0.3, -0.25) is 0 Å². The molecule has 130 valence electrons. The first-order chi connectivity index (χ1) is 11.4. The largest absolute Gasteiger partial charge is 0.496 e. The third-order valence-electron chi connectivity index (χ3n) is 3.58. The summed E-state index contributed by atoms with van der Waals surface area (Å²) in [6.45, 7) is 5.46. The first-order valence-electron chi connectivity index (χ1n) is 7.72. The number of nitrogens with one attached hydrogen (secondary N) is 2. The molecule has 0 fully saturated rings. The zero-order valence-electron chi connectivity index (χ0n) is 14.1. The maximum absolute atomic E-state index is 12.6. The van der Waals surface area contributed by atoms with Crippen LogP contribution in [0.4, 0.5) is 4.79 Å². The quantitative estimate of drug-likeness (QED) is 0.747. The van der Waals surface area contributed by atoms with Gasteiger partial charge in [0.05, 0.1) is 29.3 Å². The Kier molecular flexibility index (Phi) is 5.88. The van der Waals surface area contributed by atoms with Crippen LogP contribution in [0.5, 0.6) is 5.75 Å². The van der Waals surface area contributed by atoms with Crippen LogP contribution < -0.4 is 15.4 Å². The van der Waals surface area contributed by atoms with Crippen LogP contribution in [0, 0.1) is 0 Å². The number of carbonyl (C=O) groups is 2. The SMILES string of the molecule is CCC1=C(C(=O)OC(C)C)C(c2ccc(OC)c(Br)c2)NC(=O)N1. The number of esters is 1. The van der Waals surface area contributed by atoms with Crippen molar-refractivity contribution in [1.82, 2.24) is 10.6 Å². The van der Waals surface area contributed by atoms with Gasteiger partial charge in [-0.15, -0.1) is 0 Å². The summed E-state index contributed by atoms with van der Waals surface area (Å²) in [5.74, 6) is 0.233. The van der Waals surface area contributed by atoms with Gasteiger partial charge in [-0.25, -0.2) is 9.59 Å². The number of amides is 2. The van der Waals surface area contributed by atoms with Crippen LogP contribution in [-0.4, -0.2) is 25.2 Å². The fourth-order valence-corrected chi connectivity index (χ4v) is 3.09. The molecule has 0 saturated heterocycles. The molecule has 0 radical (unpaired) electrons. The predicted molar refractivity (Wildman–Crippen MR) is 93.6 cm³/mol. The second kappa shape index (κ2) is 7.70. The molecular formula is C17H21BrN2O4. The van der Waals surface area contributed by atoms with E-state index in [-0.39, 0.29) is 12.1 Å². The number of ether oxygens (including phenoxy) is 2. The number of hydrogen-bond acceptors (Lipinski definition) is 4. The van der Waals surface area contributed by atoms with Crippen LogP contribution in [0.15, 0.2) is 33.9 Å². The van der Waals surface area contributed by atoms with Gasteiger partial charge in [0.2, 0.25) is 0 Å². The molecule has 1 aromatic rings. The Bertz CT molecular complexity index is 685. The van der Waals surface area contributed by atoms with Crippen LogP contribution in [0.3, 0.4) is 0 Å². The standard InChI is InChI=1S/C17H21BrN2O4/c1-5-12-14(16(21)24-9(2)3)15(20-17(22)19-12)10-6-7-13(23-4)11(18)8-10/h6-9,15H,5H2,1-4H3,(H2,19,20,22). The lowest BCUT2D eigenvalue weighted by molar-refractivity contribution is -0.143. The molecule has 0 bridgehead atoms. The highest BCUT2D eigenvalue weighted by molar-refractivity contribution is 9.10. The Morgan fingerprint density at radius 2 is 2.08 bits per heavy atom. The molecular weight excluding hydrogens is 376 g/mol. The highest BCUT2D eigenvalue weighted by Crippen LogP contribution is 2.33. The molecule has 2 N–H and O–H groups in total. The van der Waals surface area contributed by atoms with Gasteiger partial charge >= 0.3 is 12.0 Å². The molecule has 2 rings (SSSR count). The van der Waals surface area contributed by atoms with Crippen LogP contribution >= 0.6 is 15.9 Å². The summed E-state index contributed by atoms with van der Waals surface area (Å²) in [4.78, 5) is 24.5. The van der Waals surface area contributed by atoms with E-state index in [9.17, 15) is 9.59 Å². The zero-order chi connectivity index (χ0) is 17.9. The van der Waals surface area contributed by atoms with Crippen molar-refractivity contribution in [3.05, 3.63) is 39.5 Å². The molecule has 2 amide bonds. The lowest BCUT2D eigenvalue weighted by atomic mass is 9.94. The number of allylic oxidation sites excluding steroid dienone is 1. The fourth-order valence-electron chi connectivity index (χ4n) is 2.53. The van der Waals surface area contributed by atoms with Gasteiger partial charge in [0.25, 0.3) is 0 Å². The lowest BCUT2D eigenvalue weighted by Gasteiger charge is -2.29. The van der Waals surface area contributed by atoms with Crippen molar-refractivity contribution in [1.29, 1.82) is 0 Å². The first-order valence-corrected chi connectivity index (χ1v) is 8.51. The minimum atomic E-state index is -0.581. The van der Waals surface area contributed by atoms with Gasteiger partial charge in [0.15, 0.2) is 0 Å². The number of benzene rings is 1. The summed E-state index contributed by atoms with van der Waals surface area (Å²) in [7, 11) is 1.58. The molecule has 6 nitrogen and oxygen atoms in total. The van der Waals surface area contributed by atoms with E-state index >= 15 is 0 Å². The number of carbonyl (C=O) groups excluding carboxylic acids is 2. The van der Waals surface area contributed by atoms with Gasteiger partial charge < -0.3 is 20.1 Å². The Labute approximate surface area is 149 Å². The van der Waals surface area contributed by atoms with Crippen LogP contribution in [-0.2, 0) is 9.53 Å². The summed E-state index contributed by atoms with van der Waals surface area (Å²) in [6.07, 6.45) is 0.271. The van der Waals surface area contributed by atoms with Crippen LogP contribution in [0.25, 0.3) is 0 Å². The molecule has 1 unspecified atom stereocenters. The smallest absolute Gasteiger partial charge is 0.338 e. The average Bonchev–Trinajstić information content (AvgIpc) is 2.52. The third-order valence-corrected chi connectivity index (χ3v) is 4.20. The number of methoxy groups -OCH3 is 1.